The van der Waals surface area contributed by atoms with E-state index < -0.39 is 0 Å². The van der Waals surface area contributed by atoms with E-state index in [0.29, 0.717) is 0 Å². The minimum Gasteiger partial charge on any atom is -0.458 e. The molecule has 3 heteroatoms. The Hall–Kier alpha value is -1.87. The summed E-state index contributed by atoms with van der Waals surface area (Å²) in [5, 5.41) is 0. The molecule has 1 unspecified atom stereocenters. The number of hydrogen-bond acceptors (Lipinski definition) is 3. The topological polar surface area (TPSA) is 29.5 Å². The molecule has 3 nitrogen and oxygen atoms in total. The number of allylic oxidation sites excluding steroid dienone is 9. The molecule has 0 N–H and O–H groups in total. The number of rotatable bonds is 16. The van der Waals surface area contributed by atoms with E-state index >= 15 is 0 Å². The molecule has 0 aromatic heterocycles. The van der Waals surface area contributed by atoms with Crippen LogP contribution in [-0.2, 0) is 9.53 Å². The highest BCUT2D eigenvalue weighted by atomic mass is 16.5. The van der Waals surface area contributed by atoms with Crippen LogP contribution in [0.5, 0.6) is 0 Å². The fourth-order valence-electron chi connectivity index (χ4n) is 2.70. The summed E-state index contributed by atoms with van der Waals surface area (Å²) in [6.07, 6.45) is 29.7. The molecule has 0 aliphatic carbocycles. The molecule has 0 saturated heterocycles. The van der Waals surface area contributed by atoms with Crippen molar-refractivity contribution in [3.05, 3.63) is 60.8 Å². The molecule has 0 heterocycles. The van der Waals surface area contributed by atoms with Crippen LogP contribution >= 0.6 is 0 Å². The summed E-state index contributed by atoms with van der Waals surface area (Å²) in [5.41, 5.74) is 0. The van der Waals surface area contributed by atoms with Gasteiger partial charge in [0.05, 0.1) is 0 Å². The smallest absolute Gasteiger partial charge is 0.331 e. The van der Waals surface area contributed by atoms with Gasteiger partial charge in [-0.05, 0) is 33.9 Å². The summed E-state index contributed by atoms with van der Waals surface area (Å²) in [5.74, 6) is -0.311. The van der Waals surface area contributed by atoms with Gasteiger partial charge in [-0.2, -0.15) is 0 Å². The van der Waals surface area contributed by atoms with E-state index in [0.717, 1.165) is 13.0 Å². The molecule has 0 bridgehead atoms. The van der Waals surface area contributed by atoms with Crippen LogP contribution in [0.3, 0.4) is 0 Å². The zero-order chi connectivity index (χ0) is 20.9. The molecule has 0 spiro atoms. The second-order valence-electron chi connectivity index (χ2n) is 7.36. The molecular formula is C25H41NO2. The maximum absolute atomic E-state index is 11.6. The zero-order valence-corrected chi connectivity index (χ0v) is 18.5. The SMILES string of the molecule is CCCCCCCCCC=CC=CC=CC=CC=CC(=O)OC(C)CN(C)C. The van der Waals surface area contributed by atoms with E-state index in [4.69, 9.17) is 4.74 Å². The second kappa shape index (κ2) is 19.9. The van der Waals surface area contributed by atoms with Crippen LogP contribution < -0.4 is 0 Å². The van der Waals surface area contributed by atoms with Crippen molar-refractivity contribution >= 4 is 5.97 Å². The molecule has 0 rings (SSSR count). The summed E-state index contributed by atoms with van der Waals surface area (Å²) in [6, 6.07) is 0. The third-order valence-corrected chi connectivity index (χ3v) is 4.06. The number of carbonyl (C=O) groups is 1. The first-order chi connectivity index (χ1) is 13.6. The highest BCUT2D eigenvalue weighted by Gasteiger charge is 2.06. The first-order valence-electron chi connectivity index (χ1n) is 10.7. The Morgan fingerprint density at radius 1 is 0.821 bits per heavy atom. The monoisotopic (exact) mass is 387 g/mol. The van der Waals surface area contributed by atoms with Gasteiger partial charge < -0.3 is 9.64 Å². The maximum atomic E-state index is 11.6. The summed E-state index contributed by atoms with van der Waals surface area (Å²) < 4.78 is 5.25. The molecule has 0 aliphatic rings. The van der Waals surface area contributed by atoms with Gasteiger partial charge >= 0.3 is 5.97 Å². The fraction of sp³-hybridized carbons (Fsp3) is 0.560. The van der Waals surface area contributed by atoms with Gasteiger partial charge in [-0.1, -0.05) is 100 Å². The lowest BCUT2D eigenvalue weighted by molar-refractivity contribution is -0.142. The number of nitrogens with zero attached hydrogens (tertiary/aromatic N) is 1. The van der Waals surface area contributed by atoms with Gasteiger partial charge in [-0.3, -0.25) is 0 Å². The number of likely N-dealkylation sites (N-methyl/N-ethyl adjacent to an activating group) is 1. The normalized spacial score (nSPS) is 13.9. The van der Waals surface area contributed by atoms with Crippen molar-refractivity contribution in [2.24, 2.45) is 0 Å². The molecule has 1 atom stereocenters. The second-order valence-corrected chi connectivity index (χ2v) is 7.36. The molecule has 28 heavy (non-hydrogen) atoms. The minimum atomic E-state index is -0.311. The quantitative estimate of drug-likeness (QED) is 0.133. The van der Waals surface area contributed by atoms with Crippen LogP contribution in [-0.4, -0.2) is 37.6 Å². The molecule has 0 aromatic rings. The number of carbonyl (C=O) groups excluding carboxylic acids is 1. The lowest BCUT2D eigenvalue weighted by Crippen LogP contribution is -2.27. The van der Waals surface area contributed by atoms with Crippen LogP contribution in [0.4, 0.5) is 0 Å². The molecule has 0 radical (unpaired) electrons. The van der Waals surface area contributed by atoms with Crippen molar-refractivity contribution in [2.75, 3.05) is 20.6 Å². The molecule has 0 aliphatic heterocycles. The Labute approximate surface area is 173 Å². The van der Waals surface area contributed by atoms with E-state index in [2.05, 4.69) is 19.1 Å². The highest BCUT2D eigenvalue weighted by molar-refractivity contribution is 5.82. The van der Waals surface area contributed by atoms with Crippen molar-refractivity contribution < 1.29 is 9.53 Å². The van der Waals surface area contributed by atoms with Gasteiger partial charge in [-0.15, -0.1) is 0 Å². The number of esters is 1. The van der Waals surface area contributed by atoms with E-state index in [9.17, 15) is 4.79 Å². The first kappa shape index (κ1) is 26.1. The van der Waals surface area contributed by atoms with Gasteiger partial charge in [0.15, 0.2) is 0 Å². The van der Waals surface area contributed by atoms with E-state index in [1.165, 1.54) is 51.0 Å². The largest absolute Gasteiger partial charge is 0.458 e. The summed E-state index contributed by atoms with van der Waals surface area (Å²) in [4.78, 5) is 13.6. The number of unbranched alkanes of at least 4 members (excludes halogenated alkanes) is 7. The summed E-state index contributed by atoms with van der Waals surface area (Å²) >= 11 is 0. The lowest BCUT2D eigenvalue weighted by Gasteiger charge is -2.16. The molecule has 0 amide bonds. The molecule has 0 aromatic carbocycles. The number of ether oxygens (including phenoxy) is 1. The Morgan fingerprint density at radius 3 is 1.96 bits per heavy atom. The van der Waals surface area contributed by atoms with Gasteiger partial charge in [0, 0.05) is 12.6 Å². The van der Waals surface area contributed by atoms with Crippen LogP contribution in [0.2, 0.25) is 0 Å². The Kier molecular flexibility index (Phi) is 18.6. The molecule has 158 valence electrons. The predicted molar refractivity (Wildman–Crippen MR) is 122 cm³/mol. The minimum absolute atomic E-state index is 0.111. The molecule has 0 saturated carbocycles. The maximum Gasteiger partial charge on any atom is 0.331 e. The molecular weight excluding hydrogens is 346 g/mol. The van der Waals surface area contributed by atoms with E-state index in [-0.39, 0.29) is 12.1 Å². The van der Waals surface area contributed by atoms with Crippen LogP contribution in [0.25, 0.3) is 0 Å². The van der Waals surface area contributed by atoms with Gasteiger partial charge in [0.2, 0.25) is 0 Å². The van der Waals surface area contributed by atoms with E-state index in [1.807, 2.05) is 62.4 Å². The van der Waals surface area contributed by atoms with Crippen molar-refractivity contribution in [1.29, 1.82) is 0 Å². The third-order valence-electron chi connectivity index (χ3n) is 4.06. The fourth-order valence-corrected chi connectivity index (χ4v) is 2.70. The molecule has 0 fully saturated rings. The third kappa shape index (κ3) is 20.4. The van der Waals surface area contributed by atoms with Crippen molar-refractivity contribution in [2.45, 2.75) is 71.3 Å². The van der Waals surface area contributed by atoms with E-state index in [1.54, 1.807) is 6.08 Å². The van der Waals surface area contributed by atoms with Crippen molar-refractivity contribution in [1.82, 2.24) is 4.90 Å². The standard InChI is InChI=1S/C25H41NO2/c1-5-6-7-8-9-10-11-12-13-14-15-16-17-18-19-20-21-22-25(27)28-24(2)23-26(3)4/h13-22,24H,5-12,23H2,1-4H3. The van der Waals surface area contributed by atoms with Crippen LogP contribution in [0.15, 0.2) is 60.8 Å². The van der Waals surface area contributed by atoms with Gasteiger partial charge in [-0.25, -0.2) is 4.79 Å². The average molecular weight is 388 g/mol. The average Bonchev–Trinajstić information content (AvgIpc) is 2.63. The Morgan fingerprint density at radius 2 is 1.36 bits per heavy atom. The summed E-state index contributed by atoms with van der Waals surface area (Å²) in [7, 11) is 3.91. The van der Waals surface area contributed by atoms with Crippen molar-refractivity contribution in [3.8, 4) is 0 Å². The van der Waals surface area contributed by atoms with Crippen LogP contribution in [0, 0.1) is 0 Å². The van der Waals surface area contributed by atoms with Crippen molar-refractivity contribution in [3.63, 3.8) is 0 Å². The van der Waals surface area contributed by atoms with Gasteiger partial charge in [0.25, 0.3) is 0 Å². The Balaban J connectivity index is 3.74. The Bertz CT molecular complexity index is 513. The summed E-state index contributed by atoms with van der Waals surface area (Å²) in [6.45, 7) is 4.87. The highest BCUT2D eigenvalue weighted by Crippen LogP contribution is 2.08. The zero-order valence-electron chi connectivity index (χ0n) is 18.5. The number of hydrogen-bond donors (Lipinski definition) is 0. The van der Waals surface area contributed by atoms with Gasteiger partial charge in [0.1, 0.15) is 6.10 Å². The predicted octanol–water partition coefficient (Wildman–Crippen LogP) is 6.40. The van der Waals surface area contributed by atoms with Crippen LogP contribution in [0.1, 0.15) is 65.2 Å². The lowest BCUT2D eigenvalue weighted by atomic mass is 10.1. The first-order valence-corrected chi connectivity index (χ1v) is 10.7.